The van der Waals surface area contributed by atoms with Crippen LogP contribution in [0, 0.1) is 6.92 Å². The molecule has 3 aromatic rings. The number of methoxy groups -OCH3 is 1. The average Bonchev–Trinajstić information content (AvgIpc) is 3.26. The summed E-state index contributed by atoms with van der Waals surface area (Å²) < 4.78 is 10.6. The van der Waals surface area contributed by atoms with E-state index in [1.54, 1.807) is 36.4 Å². The van der Waals surface area contributed by atoms with Crippen LogP contribution in [0.15, 0.2) is 77.4 Å². The van der Waals surface area contributed by atoms with Crippen molar-refractivity contribution in [2.45, 2.75) is 13.5 Å². The molecule has 0 bridgehead atoms. The van der Waals surface area contributed by atoms with Gasteiger partial charge in [-0.1, -0.05) is 36.4 Å². The number of rotatable bonds is 8. The molecule has 30 heavy (non-hydrogen) atoms. The fourth-order valence-electron chi connectivity index (χ4n) is 2.95. The summed E-state index contributed by atoms with van der Waals surface area (Å²) in [5.41, 5.74) is 2.56. The molecule has 0 aliphatic carbocycles. The molecule has 0 saturated carbocycles. The summed E-state index contributed by atoms with van der Waals surface area (Å²) in [6.45, 7) is 2.03. The van der Waals surface area contributed by atoms with E-state index in [2.05, 4.69) is 5.32 Å². The van der Waals surface area contributed by atoms with Gasteiger partial charge in [0.1, 0.15) is 18.1 Å². The van der Waals surface area contributed by atoms with Crippen LogP contribution in [-0.2, 0) is 16.1 Å². The summed E-state index contributed by atoms with van der Waals surface area (Å²) in [5.74, 6) is 0.528. The molecule has 1 aromatic heterocycles. The van der Waals surface area contributed by atoms with E-state index in [1.807, 2.05) is 37.3 Å². The van der Waals surface area contributed by atoms with Crippen molar-refractivity contribution in [1.29, 1.82) is 0 Å². The molecule has 1 heterocycles. The third-order valence-corrected chi connectivity index (χ3v) is 4.55. The van der Waals surface area contributed by atoms with Crippen molar-refractivity contribution in [3.8, 4) is 5.75 Å². The second-order valence-corrected chi connectivity index (χ2v) is 6.71. The van der Waals surface area contributed by atoms with Crippen LogP contribution in [0.2, 0.25) is 0 Å². The molecule has 2 aromatic carbocycles. The Morgan fingerprint density at radius 3 is 2.57 bits per heavy atom. The number of carbonyl (C=O) groups excluding carboxylic acids is 2. The summed E-state index contributed by atoms with van der Waals surface area (Å²) in [6, 6.07) is 18.4. The van der Waals surface area contributed by atoms with Gasteiger partial charge in [-0.3, -0.25) is 9.59 Å². The Bertz CT molecular complexity index is 1030. The largest absolute Gasteiger partial charge is 0.495 e. The second-order valence-electron chi connectivity index (χ2n) is 6.71. The van der Waals surface area contributed by atoms with Crippen LogP contribution < -0.4 is 10.1 Å². The SMILES string of the molecule is COc1ccccc1NC(=O)CN(Cc1ccco1)C(=O)C=Cc1ccccc1C. The first-order valence-electron chi connectivity index (χ1n) is 9.54. The minimum atomic E-state index is -0.330. The molecule has 0 unspecified atom stereocenters. The van der Waals surface area contributed by atoms with Crippen molar-refractivity contribution in [1.82, 2.24) is 4.90 Å². The minimum Gasteiger partial charge on any atom is -0.495 e. The van der Waals surface area contributed by atoms with Gasteiger partial charge in [-0.15, -0.1) is 0 Å². The van der Waals surface area contributed by atoms with Crippen LogP contribution >= 0.6 is 0 Å². The lowest BCUT2D eigenvalue weighted by atomic mass is 10.1. The Balaban J connectivity index is 1.74. The van der Waals surface area contributed by atoms with Crippen molar-refractivity contribution >= 4 is 23.6 Å². The first kappa shape index (κ1) is 20.9. The van der Waals surface area contributed by atoms with E-state index in [4.69, 9.17) is 9.15 Å². The van der Waals surface area contributed by atoms with Gasteiger partial charge in [-0.05, 0) is 48.4 Å². The first-order chi connectivity index (χ1) is 14.6. The molecule has 0 saturated heterocycles. The second kappa shape index (κ2) is 10.1. The normalized spacial score (nSPS) is 10.7. The van der Waals surface area contributed by atoms with E-state index < -0.39 is 0 Å². The number of hydrogen-bond acceptors (Lipinski definition) is 4. The lowest BCUT2D eigenvalue weighted by molar-refractivity contribution is -0.131. The quantitative estimate of drug-likeness (QED) is 0.569. The zero-order valence-electron chi connectivity index (χ0n) is 17.0. The average molecular weight is 404 g/mol. The van der Waals surface area contributed by atoms with E-state index >= 15 is 0 Å². The standard InChI is InChI=1S/C24H24N2O4/c1-18-8-3-4-9-19(18)13-14-24(28)26(16-20-10-7-15-30-20)17-23(27)25-21-11-5-6-12-22(21)29-2/h3-15H,16-17H2,1-2H3,(H,25,27). The molecule has 0 aliphatic heterocycles. The molecule has 0 spiro atoms. The molecule has 6 nitrogen and oxygen atoms in total. The van der Waals surface area contributed by atoms with Gasteiger partial charge in [0, 0.05) is 6.08 Å². The molecule has 6 heteroatoms. The van der Waals surface area contributed by atoms with Crippen LogP contribution in [-0.4, -0.2) is 30.4 Å². The number of nitrogens with one attached hydrogen (secondary N) is 1. The molecular weight excluding hydrogens is 380 g/mol. The zero-order chi connectivity index (χ0) is 21.3. The van der Waals surface area contributed by atoms with E-state index in [-0.39, 0.29) is 24.9 Å². The maximum atomic E-state index is 12.9. The Kier molecular flexibility index (Phi) is 7.05. The number of ether oxygens (including phenoxy) is 1. The molecule has 0 radical (unpaired) electrons. The summed E-state index contributed by atoms with van der Waals surface area (Å²) in [4.78, 5) is 26.9. The molecule has 154 valence electrons. The smallest absolute Gasteiger partial charge is 0.247 e. The highest BCUT2D eigenvalue weighted by Crippen LogP contribution is 2.23. The predicted molar refractivity (Wildman–Crippen MR) is 116 cm³/mol. The Labute approximate surface area is 175 Å². The molecule has 2 amide bonds. The zero-order valence-corrected chi connectivity index (χ0v) is 17.0. The number of nitrogens with zero attached hydrogens (tertiary/aromatic N) is 1. The number of anilines is 1. The van der Waals surface area contributed by atoms with Gasteiger partial charge >= 0.3 is 0 Å². The van der Waals surface area contributed by atoms with Gasteiger partial charge in [0.05, 0.1) is 25.6 Å². The van der Waals surface area contributed by atoms with Crippen LogP contribution in [0.25, 0.3) is 6.08 Å². The van der Waals surface area contributed by atoms with Gasteiger partial charge < -0.3 is 19.4 Å². The first-order valence-corrected chi connectivity index (χ1v) is 9.54. The summed E-state index contributed by atoms with van der Waals surface area (Å²) >= 11 is 0. The van der Waals surface area contributed by atoms with Gasteiger partial charge in [0.2, 0.25) is 11.8 Å². The topological polar surface area (TPSA) is 71.8 Å². The van der Waals surface area contributed by atoms with Crippen molar-refractivity contribution < 1.29 is 18.7 Å². The van der Waals surface area contributed by atoms with E-state index in [0.29, 0.717) is 17.2 Å². The third kappa shape index (κ3) is 5.61. The number of para-hydroxylation sites is 2. The molecule has 0 atom stereocenters. The molecule has 3 rings (SSSR count). The van der Waals surface area contributed by atoms with Crippen molar-refractivity contribution in [3.63, 3.8) is 0 Å². The third-order valence-electron chi connectivity index (χ3n) is 4.55. The molecule has 1 N–H and O–H groups in total. The fourth-order valence-corrected chi connectivity index (χ4v) is 2.95. The number of furan rings is 1. The Hall–Kier alpha value is -3.80. The fraction of sp³-hybridized carbons (Fsp3) is 0.167. The molecule has 0 aliphatic rings. The summed E-state index contributed by atoms with van der Waals surface area (Å²) in [5, 5.41) is 2.80. The lowest BCUT2D eigenvalue weighted by Crippen LogP contribution is -2.36. The predicted octanol–water partition coefficient (Wildman–Crippen LogP) is 4.28. The minimum absolute atomic E-state index is 0.129. The van der Waals surface area contributed by atoms with Crippen molar-refractivity contribution in [3.05, 3.63) is 89.9 Å². The van der Waals surface area contributed by atoms with Crippen LogP contribution in [0.3, 0.4) is 0 Å². The van der Waals surface area contributed by atoms with E-state index in [1.165, 1.54) is 24.3 Å². The van der Waals surface area contributed by atoms with Gasteiger partial charge in [0.15, 0.2) is 0 Å². The van der Waals surface area contributed by atoms with Crippen LogP contribution in [0.1, 0.15) is 16.9 Å². The molecule has 0 fully saturated rings. The number of benzene rings is 2. The number of amides is 2. The van der Waals surface area contributed by atoms with Crippen LogP contribution in [0.5, 0.6) is 5.75 Å². The van der Waals surface area contributed by atoms with E-state index in [9.17, 15) is 9.59 Å². The van der Waals surface area contributed by atoms with Crippen molar-refractivity contribution in [2.75, 3.05) is 19.0 Å². The van der Waals surface area contributed by atoms with Gasteiger partial charge in [0.25, 0.3) is 0 Å². The van der Waals surface area contributed by atoms with E-state index in [0.717, 1.165) is 11.1 Å². The van der Waals surface area contributed by atoms with Crippen molar-refractivity contribution in [2.24, 2.45) is 0 Å². The number of hydrogen-bond donors (Lipinski definition) is 1. The maximum Gasteiger partial charge on any atom is 0.247 e. The highest BCUT2D eigenvalue weighted by molar-refractivity contribution is 5.98. The Morgan fingerprint density at radius 2 is 1.83 bits per heavy atom. The van der Waals surface area contributed by atoms with Gasteiger partial charge in [-0.2, -0.15) is 0 Å². The summed E-state index contributed by atoms with van der Waals surface area (Å²) in [7, 11) is 1.54. The van der Waals surface area contributed by atoms with Gasteiger partial charge in [-0.25, -0.2) is 0 Å². The summed E-state index contributed by atoms with van der Waals surface area (Å²) in [6.07, 6.45) is 4.77. The molecular formula is C24H24N2O4. The number of carbonyl (C=O) groups is 2. The highest BCUT2D eigenvalue weighted by Gasteiger charge is 2.18. The lowest BCUT2D eigenvalue weighted by Gasteiger charge is -2.20. The van der Waals surface area contributed by atoms with Crippen LogP contribution in [0.4, 0.5) is 5.69 Å². The monoisotopic (exact) mass is 404 g/mol. The maximum absolute atomic E-state index is 12.9. The highest BCUT2D eigenvalue weighted by atomic mass is 16.5. The Morgan fingerprint density at radius 1 is 1.07 bits per heavy atom. The number of aryl methyl sites for hydroxylation is 1.